The molecule has 0 aromatic carbocycles. The van der Waals surface area contributed by atoms with Gasteiger partial charge in [0.05, 0.1) is 0 Å². The Labute approximate surface area is 180 Å². The Morgan fingerprint density at radius 2 is 1.13 bits per heavy atom. The molecule has 0 aliphatic heterocycles. The van der Waals surface area contributed by atoms with E-state index in [0.717, 1.165) is 49.4 Å². The van der Waals surface area contributed by atoms with Gasteiger partial charge in [0.1, 0.15) is 0 Å². The number of hydrazone groups is 2. The van der Waals surface area contributed by atoms with E-state index in [4.69, 9.17) is 0 Å². The molecule has 166 valence electrons. The molecule has 4 aliphatic carbocycles. The molecule has 30 heavy (non-hydrogen) atoms. The third-order valence-corrected chi connectivity index (χ3v) is 8.05. The molecule has 4 fully saturated rings. The van der Waals surface area contributed by atoms with Crippen molar-refractivity contribution in [2.24, 2.45) is 45.7 Å². The van der Waals surface area contributed by atoms with Crippen molar-refractivity contribution in [2.75, 3.05) is 0 Å². The number of nitrogens with zero attached hydrogens (tertiary/aromatic N) is 2. The normalized spacial score (nSPS) is 34.4. The highest BCUT2D eigenvalue weighted by Gasteiger charge is 2.39. The highest BCUT2D eigenvalue weighted by Crippen LogP contribution is 2.48. The van der Waals surface area contributed by atoms with Gasteiger partial charge in [-0.25, -0.2) is 10.9 Å². The molecule has 0 saturated heterocycles. The van der Waals surface area contributed by atoms with Gasteiger partial charge in [-0.05, 0) is 86.9 Å². The summed E-state index contributed by atoms with van der Waals surface area (Å²) in [5.74, 6) is 4.56. The van der Waals surface area contributed by atoms with Crippen molar-refractivity contribution in [1.82, 2.24) is 10.9 Å². The van der Waals surface area contributed by atoms with E-state index in [-0.39, 0.29) is 11.8 Å². The first-order valence-corrected chi connectivity index (χ1v) is 12.3. The lowest BCUT2D eigenvalue weighted by Crippen LogP contribution is -2.20. The fourth-order valence-electron chi connectivity index (χ4n) is 6.40. The van der Waals surface area contributed by atoms with Crippen LogP contribution < -0.4 is 10.9 Å². The highest BCUT2D eigenvalue weighted by atomic mass is 16.2. The second-order valence-corrected chi connectivity index (χ2v) is 10.2. The Morgan fingerprint density at radius 3 is 1.50 bits per heavy atom. The first-order valence-electron chi connectivity index (χ1n) is 12.3. The third-order valence-electron chi connectivity index (χ3n) is 8.05. The number of nitrogens with one attached hydrogen (secondary N) is 2. The fraction of sp³-hybridized carbons (Fsp3) is 0.833. The SMILES string of the molecule is O=C(CCCCCCC(=O)N/N=C\[C@@H]1C[C@@H]2CC[C@@H]1C2)N/N=C\[C@@H]1C[C@@H]2CC[C@@H]1C2. The second kappa shape index (κ2) is 10.5. The number of amides is 2. The van der Waals surface area contributed by atoms with Gasteiger partial charge in [0.2, 0.25) is 11.8 Å². The summed E-state index contributed by atoms with van der Waals surface area (Å²) in [5, 5.41) is 8.38. The fourth-order valence-corrected chi connectivity index (χ4v) is 6.40. The summed E-state index contributed by atoms with van der Waals surface area (Å²) in [6.45, 7) is 0. The molecule has 0 heterocycles. The van der Waals surface area contributed by atoms with Crippen molar-refractivity contribution in [2.45, 2.75) is 89.9 Å². The summed E-state index contributed by atoms with van der Waals surface area (Å²) in [4.78, 5) is 23.8. The molecule has 0 spiro atoms. The Morgan fingerprint density at radius 1 is 0.667 bits per heavy atom. The van der Waals surface area contributed by atoms with Crippen LogP contribution in [-0.4, -0.2) is 24.2 Å². The molecule has 4 rings (SSSR count). The van der Waals surface area contributed by atoms with E-state index in [9.17, 15) is 9.59 Å². The van der Waals surface area contributed by atoms with Crippen molar-refractivity contribution in [1.29, 1.82) is 0 Å². The largest absolute Gasteiger partial charge is 0.273 e. The van der Waals surface area contributed by atoms with Crippen LogP contribution in [0, 0.1) is 35.5 Å². The van der Waals surface area contributed by atoms with Gasteiger partial charge in [-0.15, -0.1) is 0 Å². The predicted octanol–water partition coefficient (Wildman–Crippen LogP) is 4.40. The molecule has 0 aromatic rings. The van der Waals surface area contributed by atoms with Crippen LogP contribution in [0.4, 0.5) is 0 Å². The van der Waals surface area contributed by atoms with E-state index in [1.54, 1.807) is 0 Å². The van der Waals surface area contributed by atoms with Crippen LogP contribution >= 0.6 is 0 Å². The van der Waals surface area contributed by atoms with Gasteiger partial charge in [0.25, 0.3) is 0 Å². The van der Waals surface area contributed by atoms with Gasteiger partial charge in [-0.2, -0.15) is 10.2 Å². The molecular formula is C24H38N4O2. The number of hydrogen-bond donors (Lipinski definition) is 2. The Kier molecular flexibility index (Phi) is 7.56. The monoisotopic (exact) mass is 414 g/mol. The van der Waals surface area contributed by atoms with Gasteiger partial charge < -0.3 is 0 Å². The number of carbonyl (C=O) groups is 2. The maximum Gasteiger partial charge on any atom is 0.240 e. The van der Waals surface area contributed by atoms with E-state index in [0.29, 0.717) is 24.7 Å². The van der Waals surface area contributed by atoms with Crippen LogP contribution in [0.25, 0.3) is 0 Å². The summed E-state index contributed by atoms with van der Waals surface area (Å²) in [6.07, 6.45) is 19.2. The van der Waals surface area contributed by atoms with Gasteiger partial charge in [-0.3, -0.25) is 9.59 Å². The molecule has 6 nitrogen and oxygen atoms in total. The standard InChI is InChI=1S/C24H38N4O2/c29-23(27-25-15-21-13-17-7-9-19(21)11-17)5-3-1-2-4-6-24(30)28-26-16-22-14-18-8-10-20(22)12-18/h15-22H,1-14H2,(H,27,29)(H,28,30)/b25-15-,26-16-/t17-,18-,19-,20-,21+,22+/m1/s1. The van der Waals surface area contributed by atoms with Crippen LogP contribution in [0.3, 0.4) is 0 Å². The average Bonchev–Trinajstić information content (AvgIpc) is 3.52. The first-order chi connectivity index (χ1) is 14.7. The maximum absolute atomic E-state index is 11.9. The van der Waals surface area contributed by atoms with E-state index in [1.165, 1.54) is 51.4 Å². The number of unbranched alkanes of at least 4 members (excludes halogenated alkanes) is 3. The minimum atomic E-state index is 0.00195. The van der Waals surface area contributed by atoms with Crippen molar-refractivity contribution in [3.63, 3.8) is 0 Å². The number of fused-ring (bicyclic) bond motifs is 4. The first kappa shape index (κ1) is 21.5. The van der Waals surface area contributed by atoms with E-state index >= 15 is 0 Å². The number of carbonyl (C=O) groups excluding carboxylic acids is 2. The van der Waals surface area contributed by atoms with Crippen molar-refractivity contribution < 1.29 is 9.59 Å². The van der Waals surface area contributed by atoms with Crippen LogP contribution in [0.1, 0.15) is 89.9 Å². The topological polar surface area (TPSA) is 82.9 Å². The van der Waals surface area contributed by atoms with Crippen LogP contribution in [0.15, 0.2) is 10.2 Å². The lowest BCUT2D eigenvalue weighted by atomic mass is 9.90. The summed E-state index contributed by atoms with van der Waals surface area (Å²) >= 11 is 0. The van der Waals surface area contributed by atoms with E-state index in [1.807, 2.05) is 12.4 Å². The maximum atomic E-state index is 11.9. The lowest BCUT2D eigenvalue weighted by molar-refractivity contribution is -0.122. The molecule has 0 unspecified atom stereocenters. The van der Waals surface area contributed by atoms with Crippen molar-refractivity contribution in [3.05, 3.63) is 0 Å². The summed E-state index contributed by atoms with van der Waals surface area (Å²) < 4.78 is 0. The van der Waals surface area contributed by atoms with Crippen LogP contribution in [0.5, 0.6) is 0 Å². The molecule has 0 radical (unpaired) electrons. The van der Waals surface area contributed by atoms with E-state index in [2.05, 4.69) is 21.1 Å². The Balaban J connectivity index is 0.974. The average molecular weight is 415 g/mol. The van der Waals surface area contributed by atoms with Crippen LogP contribution in [-0.2, 0) is 9.59 Å². The molecule has 6 heteroatoms. The van der Waals surface area contributed by atoms with Gasteiger partial charge in [0, 0.05) is 25.3 Å². The molecule has 2 amide bonds. The lowest BCUT2D eigenvalue weighted by Gasteiger charge is -2.16. The summed E-state index contributed by atoms with van der Waals surface area (Å²) in [5.41, 5.74) is 5.37. The minimum Gasteiger partial charge on any atom is -0.273 e. The minimum absolute atomic E-state index is 0.00195. The van der Waals surface area contributed by atoms with Crippen molar-refractivity contribution >= 4 is 24.2 Å². The predicted molar refractivity (Wildman–Crippen MR) is 119 cm³/mol. The molecular weight excluding hydrogens is 376 g/mol. The number of hydrogen-bond acceptors (Lipinski definition) is 4. The zero-order valence-electron chi connectivity index (χ0n) is 18.2. The van der Waals surface area contributed by atoms with E-state index < -0.39 is 0 Å². The Hall–Kier alpha value is -1.72. The molecule has 6 atom stereocenters. The summed E-state index contributed by atoms with van der Waals surface area (Å²) in [7, 11) is 0. The van der Waals surface area contributed by atoms with Gasteiger partial charge >= 0.3 is 0 Å². The van der Waals surface area contributed by atoms with Crippen molar-refractivity contribution in [3.8, 4) is 0 Å². The smallest absolute Gasteiger partial charge is 0.240 e. The zero-order chi connectivity index (χ0) is 20.8. The van der Waals surface area contributed by atoms with Gasteiger partial charge in [0.15, 0.2) is 0 Å². The highest BCUT2D eigenvalue weighted by molar-refractivity contribution is 5.77. The molecule has 0 aromatic heterocycles. The zero-order valence-corrected chi connectivity index (χ0v) is 18.2. The van der Waals surface area contributed by atoms with Crippen LogP contribution in [0.2, 0.25) is 0 Å². The number of rotatable bonds is 11. The third kappa shape index (κ3) is 5.92. The quantitative estimate of drug-likeness (QED) is 0.298. The second-order valence-electron chi connectivity index (χ2n) is 10.2. The van der Waals surface area contributed by atoms with Gasteiger partial charge in [-0.1, -0.05) is 25.7 Å². The molecule has 4 bridgehead atoms. The molecule has 2 N–H and O–H groups in total. The summed E-state index contributed by atoms with van der Waals surface area (Å²) in [6, 6.07) is 0. The molecule has 4 saturated carbocycles. The molecule has 4 aliphatic rings. The Bertz CT molecular complexity index is 606.